The fraction of sp³-hybridized carbons (Fsp3) is 0.381. The van der Waals surface area contributed by atoms with Gasteiger partial charge in [-0.25, -0.2) is 0 Å². The average Bonchev–Trinajstić information content (AvgIpc) is 2.64. The first-order chi connectivity index (χ1) is 12.4. The smallest absolute Gasteiger partial charge is 0.255 e. The van der Waals surface area contributed by atoms with Gasteiger partial charge in [-0.15, -0.1) is 0 Å². The second-order valence-electron chi connectivity index (χ2n) is 7.44. The summed E-state index contributed by atoms with van der Waals surface area (Å²) in [5, 5.41) is 2.96. The molecule has 1 fully saturated rings. The third-order valence-electron chi connectivity index (χ3n) is 5.07. The van der Waals surface area contributed by atoms with Gasteiger partial charge in [-0.05, 0) is 30.3 Å². The number of quaternary nitrogens is 1. The summed E-state index contributed by atoms with van der Waals surface area (Å²) in [6, 6.07) is 16.2. The zero-order chi connectivity index (χ0) is 18.6. The number of halogens is 2. The second-order valence-corrected chi connectivity index (χ2v) is 8.36. The summed E-state index contributed by atoms with van der Waals surface area (Å²) in [5.41, 5.74) is 2.73. The predicted molar refractivity (Wildman–Crippen MR) is 108 cm³/mol. The predicted octanol–water partition coefficient (Wildman–Crippen LogP) is 1.46. The van der Waals surface area contributed by atoms with Crippen molar-refractivity contribution < 1.29 is 38.0 Å². The molecule has 0 spiro atoms. The molecule has 0 aliphatic carbocycles. The molecule has 0 unspecified atom stereocenters. The molecule has 1 aliphatic rings. The lowest BCUT2D eigenvalue weighted by Gasteiger charge is -2.40. The van der Waals surface area contributed by atoms with Crippen LogP contribution in [0.2, 0.25) is 0 Å². The topological polar surface area (TPSA) is 38.3 Å². The summed E-state index contributed by atoms with van der Waals surface area (Å²) in [7, 11) is 4.58. The van der Waals surface area contributed by atoms with E-state index < -0.39 is 0 Å². The summed E-state index contributed by atoms with van der Waals surface area (Å²) in [6.45, 7) is 2.71. The van der Waals surface area contributed by atoms with Crippen molar-refractivity contribution in [1.29, 1.82) is 0 Å². The largest absolute Gasteiger partial charge is 1.00 e. The van der Waals surface area contributed by atoms with Gasteiger partial charge >= 0.3 is 0 Å². The number of amides is 1. The highest BCUT2D eigenvalue weighted by molar-refractivity contribution is 9.10. The van der Waals surface area contributed by atoms with Crippen LogP contribution in [0.4, 0.5) is 5.69 Å². The van der Waals surface area contributed by atoms with Gasteiger partial charge in [0.1, 0.15) is 6.54 Å². The molecule has 27 heavy (non-hydrogen) atoms. The lowest BCUT2D eigenvalue weighted by atomic mass is 10.0. The van der Waals surface area contributed by atoms with Gasteiger partial charge in [0.2, 0.25) is 0 Å². The normalized spacial score (nSPS) is 15.1. The molecule has 6 heteroatoms. The van der Waals surface area contributed by atoms with Crippen molar-refractivity contribution in [1.82, 2.24) is 0 Å². The Kier molecular flexibility index (Phi) is 8.27. The van der Waals surface area contributed by atoms with Crippen molar-refractivity contribution in [2.24, 2.45) is 0 Å². The SMILES string of the molecule is C[N+](C)(Cc1ccc(NC(=O)c2cccc(Br)c2)cc1)C1CCOCC1.[I-]. The number of ether oxygens (including phenoxy) is 1. The molecule has 2 aromatic carbocycles. The maximum absolute atomic E-state index is 12.3. The van der Waals surface area contributed by atoms with Crippen LogP contribution in [-0.4, -0.2) is 43.7 Å². The summed E-state index contributed by atoms with van der Waals surface area (Å²) in [6.07, 6.45) is 2.24. The Hall–Kier alpha value is -0.960. The van der Waals surface area contributed by atoms with Crippen LogP contribution in [0.3, 0.4) is 0 Å². The molecule has 1 aliphatic heterocycles. The Morgan fingerprint density at radius 2 is 1.81 bits per heavy atom. The Balaban J connectivity index is 0.00000261. The monoisotopic (exact) mass is 544 g/mol. The van der Waals surface area contributed by atoms with Gasteiger partial charge in [0.05, 0.1) is 33.4 Å². The highest BCUT2D eigenvalue weighted by Gasteiger charge is 2.30. The number of nitrogens with zero attached hydrogens (tertiary/aromatic N) is 1. The maximum Gasteiger partial charge on any atom is 0.255 e. The van der Waals surface area contributed by atoms with Crippen LogP contribution >= 0.6 is 15.9 Å². The van der Waals surface area contributed by atoms with Gasteiger partial charge in [-0.3, -0.25) is 4.79 Å². The molecule has 1 N–H and O–H groups in total. The van der Waals surface area contributed by atoms with E-state index in [-0.39, 0.29) is 29.9 Å². The van der Waals surface area contributed by atoms with Crippen molar-refractivity contribution in [3.8, 4) is 0 Å². The fourth-order valence-electron chi connectivity index (χ4n) is 3.51. The van der Waals surface area contributed by atoms with E-state index in [1.165, 1.54) is 5.56 Å². The van der Waals surface area contributed by atoms with E-state index in [4.69, 9.17) is 4.74 Å². The summed E-state index contributed by atoms with van der Waals surface area (Å²) >= 11 is 3.40. The van der Waals surface area contributed by atoms with Gasteiger partial charge in [-0.1, -0.05) is 34.1 Å². The lowest BCUT2D eigenvalue weighted by Crippen LogP contribution is -3.00. The number of rotatable bonds is 5. The van der Waals surface area contributed by atoms with E-state index in [2.05, 4.69) is 47.5 Å². The molecule has 1 saturated heterocycles. The van der Waals surface area contributed by atoms with Gasteiger partial charge in [0.25, 0.3) is 5.91 Å². The van der Waals surface area contributed by atoms with Crippen LogP contribution < -0.4 is 29.3 Å². The van der Waals surface area contributed by atoms with Crippen LogP contribution in [0, 0.1) is 0 Å². The highest BCUT2D eigenvalue weighted by Crippen LogP contribution is 2.23. The minimum atomic E-state index is -0.0997. The Morgan fingerprint density at radius 1 is 1.15 bits per heavy atom. The van der Waals surface area contributed by atoms with Crippen LogP contribution in [-0.2, 0) is 11.3 Å². The zero-order valence-electron chi connectivity index (χ0n) is 15.8. The molecular formula is C21H26BrIN2O2. The van der Waals surface area contributed by atoms with Gasteiger partial charge in [0, 0.05) is 34.1 Å². The van der Waals surface area contributed by atoms with Crippen molar-refractivity contribution >= 4 is 27.5 Å². The standard InChI is InChI=1S/C21H25BrN2O2.HI/c1-24(2,20-10-12-26-13-11-20)15-16-6-8-19(9-7-16)23-21(25)17-4-3-5-18(22)14-17;/h3-9,14,20H,10-13,15H2,1-2H3;1H. The molecule has 0 aromatic heterocycles. The number of anilines is 1. The average molecular weight is 545 g/mol. The van der Waals surface area contributed by atoms with Crippen LogP contribution in [0.15, 0.2) is 53.0 Å². The summed E-state index contributed by atoms with van der Waals surface area (Å²) < 4.78 is 7.35. The molecule has 1 amide bonds. The van der Waals surface area contributed by atoms with Crippen molar-refractivity contribution in [2.75, 3.05) is 32.6 Å². The summed E-state index contributed by atoms with van der Waals surface area (Å²) in [4.78, 5) is 12.3. The third kappa shape index (κ3) is 6.27. The molecule has 0 atom stereocenters. The molecule has 0 bridgehead atoms. The molecule has 0 saturated carbocycles. The molecular weight excluding hydrogens is 519 g/mol. The van der Waals surface area contributed by atoms with Crippen LogP contribution in [0.5, 0.6) is 0 Å². The van der Waals surface area contributed by atoms with Gasteiger partial charge in [0.15, 0.2) is 0 Å². The van der Waals surface area contributed by atoms with E-state index in [9.17, 15) is 4.79 Å². The summed E-state index contributed by atoms with van der Waals surface area (Å²) in [5.74, 6) is -0.0997. The molecule has 3 rings (SSSR count). The zero-order valence-corrected chi connectivity index (χ0v) is 19.5. The van der Waals surface area contributed by atoms with E-state index in [0.717, 1.165) is 47.2 Å². The number of carbonyl (C=O) groups is 1. The maximum atomic E-state index is 12.3. The molecule has 2 aromatic rings. The third-order valence-corrected chi connectivity index (χ3v) is 5.56. The fourth-order valence-corrected chi connectivity index (χ4v) is 3.91. The number of nitrogens with one attached hydrogen (secondary N) is 1. The van der Waals surface area contributed by atoms with Crippen LogP contribution in [0.1, 0.15) is 28.8 Å². The second kappa shape index (κ2) is 10.0. The molecule has 146 valence electrons. The minimum absolute atomic E-state index is 0. The van der Waals surface area contributed by atoms with Crippen LogP contribution in [0.25, 0.3) is 0 Å². The van der Waals surface area contributed by atoms with E-state index >= 15 is 0 Å². The minimum Gasteiger partial charge on any atom is -1.00 e. The molecule has 0 radical (unpaired) electrons. The quantitative estimate of drug-likeness (QED) is 0.457. The van der Waals surface area contributed by atoms with E-state index in [0.29, 0.717) is 11.6 Å². The molecule has 1 heterocycles. The highest BCUT2D eigenvalue weighted by atomic mass is 127. The number of carbonyl (C=O) groups excluding carboxylic acids is 1. The molecule has 4 nitrogen and oxygen atoms in total. The number of hydrogen-bond donors (Lipinski definition) is 1. The van der Waals surface area contributed by atoms with E-state index in [1.54, 1.807) is 0 Å². The first-order valence-electron chi connectivity index (χ1n) is 9.00. The first kappa shape index (κ1) is 22.3. The Morgan fingerprint density at radius 3 is 2.44 bits per heavy atom. The Bertz CT molecular complexity index is 759. The Labute approximate surface area is 187 Å². The number of hydrogen-bond acceptors (Lipinski definition) is 2. The number of benzene rings is 2. The lowest BCUT2D eigenvalue weighted by molar-refractivity contribution is -0.929. The van der Waals surface area contributed by atoms with Crippen molar-refractivity contribution in [3.63, 3.8) is 0 Å². The first-order valence-corrected chi connectivity index (χ1v) is 9.80. The van der Waals surface area contributed by atoms with Gasteiger partial charge in [-0.2, -0.15) is 0 Å². The van der Waals surface area contributed by atoms with E-state index in [1.807, 2.05) is 36.4 Å². The van der Waals surface area contributed by atoms with Crippen molar-refractivity contribution in [3.05, 3.63) is 64.1 Å². The van der Waals surface area contributed by atoms with Gasteiger partial charge < -0.3 is 38.5 Å². The van der Waals surface area contributed by atoms with Crippen molar-refractivity contribution in [2.45, 2.75) is 25.4 Å².